The number of nitrogens with zero attached hydrogens (tertiary/aromatic N) is 3. The van der Waals surface area contributed by atoms with Gasteiger partial charge in [0, 0.05) is 32.6 Å². The van der Waals surface area contributed by atoms with Gasteiger partial charge in [-0.1, -0.05) is 5.16 Å². The predicted octanol–water partition coefficient (Wildman–Crippen LogP) is 1.31. The van der Waals surface area contributed by atoms with Crippen LogP contribution in [-0.4, -0.2) is 59.4 Å². The van der Waals surface area contributed by atoms with Crippen LogP contribution in [-0.2, 0) is 4.79 Å². The van der Waals surface area contributed by atoms with Crippen molar-refractivity contribution < 1.29 is 22.9 Å². The fourth-order valence-electron chi connectivity index (χ4n) is 3.38. The number of carbonyl (C=O) groups is 2. The fraction of sp³-hybridized carbons (Fsp3) is 0.643. The van der Waals surface area contributed by atoms with Crippen LogP contribution in [0.2, 0.25) is 0 Å². The Bertz CT molecular complexity index is 631. The van der Waals surface area contributed by atoms with Crippen LogP contribution in [0, 0.1) is 12.3 Å². The Hall–Kier alpha value is -1.99. The van der Waals surface area contributed by atoms with Gasteiger partial charge in [0.2, 0.25) is 11.7 Å². The molecule has 22 heavy (non-hydrogen) atoms. The third-order valence-electron chi connectivity index (χ3n) is 4.36. The fourth-order valence-corrected chi connectivity index (χ4v) is 3.38. The number of rotatable bonds is 1. The van der Waals surface area contributed by atoms with E-state index in [-0.39, 0.29) is 18.2 Å². The van der Waals surface area contributed by atoms with E-state index in [0.717, 1.165) is 4.90 Å². The van der Waals surface area contributed by atoms with Crippen molar-refractivity contribution in [2.75, 3.05) is 26.7 Å². The number of halogens is 2. The number of aromatic nitrogens is 1. The van der Waals surface area contributed by atoms with Crippen LogP contribution in [0.25, 0.3) is 0 Å². The lowest BCUT2D eigenvalue weighted by atomic mass is 9.77. The van der Waals surface area contributed by atoms with Crippen molar-refractivity contribution in [2.45, 2.75) is 25.7 Å². The largest absolute Gasteiger partial charge is 0.351 e. The van der Waals surface area contributed by atoms with E-state index in [1.807, 2.05) is 0 Å². The number of hydrogen-bond donors (Lipinski definition) is 0. The third kappa shape index (κ3) is 2.36. The monoisotopic (exact) mass is 313 g/mol. The molecule has 0 unspecified atom stereocenters. The highest BCUT2D eigenvalue weighted by atomic mass is 19.3. The molecule has 6 nitrogen and oxygen atoms in total. The number of piperidine rings is 1. The highest BCUT2D eigenvalue weighted by Crippen LogP contribution is 2.45. The number of likely N-dealkylation sites (tertiary alicyclic amines) is 2. The van der Waals surface area contributed by atoms with Gasteiger partial charge in [-0.3, -0.25) is 9.59 Å². The quantitative estimate of drug-likeness (QED) is 0.784. The maximum Gasteiger partial charge on any atom is 0.292 e. The van der Waals surface area contributed by atoms with Crippen molar-refractivity contribution in [1.29, 1.82) is 0 Å². The van der Waals surface area contributed by atoms with E-state index in [1.165, 1.54) is 11.0 Å². The molecule has 0 aromatic carbocycles. The zero-order valence-corrected chi connectivity index (χ0v) is 12.4. The summed E-state index contributed by atoms with van der Waals surface area (Å²) in [6.07, 6.45) is -0.181. The molecule has 2 aliphatic rings. The molecule has 0 aliphatic carbocycles. The first-order chi connectivity index (χ1) is 10.2. The molecule has 120 valence electrons. The summed E-state index contributed by atoms with van der Waals surface area (Å²) in [5, 5.41) is 3.60. The van der Waals surface area contributed by atoms with Crippen LogP contribution in [0.5, 0.6) is 0 Å². The molecule has 1 aromatic rings. The molecule has 3 heterocycles. The highest BCUT2D eigenvalue weighted by molar-refractivity contribution is 5.93. The molecule has 2 saturated heterocycles. The summed E-state index contributed by atoms with van der Waals surface area (Å²) in [6.45, 7) is 1.36. The van der Waals surface area contributed by atoms with Gasteiger partial charge in [-0.25, -0.2) is 8.78 Å². The van der Waals surface area contributed by atoms with Crippen molar-refractivity contribution in [3.05, 3.63) is 17.5 Å². The van der Waals surface area contributed by atoms with E-state index in [4.69, 9.17) is 4.52 Å². The molecule has 0 N–H and O–H groups in total. The van der Waals surface area contributed by atoms with Gasteiger partial charge in [-0.05, 0) is 13.3 Å². The summed E-state index contributed by atoms with van der Waals surface area (Å²) < 4.78 is 33.1. The van der Waals surface area contributed by atoms with Crippen molar-refractivity contribution >= 4 is 11.8 Å². The number of aryl methyl sites for hydroxylation is 1. The summed E-state index contributed by atoms with van der Waals surface area (Å²) in [4.78, 5) is 27.1. The van der Waals surface area contributed by atoms with Crippen LogP contribution in [0.4, 0.5) is 8.78 Å². The molecule has 8 heteroatoms. The van der Waals surface area contributed by atoms with Gasteiger partial charge in [-0.2, -0.15) is 0 Å². The first-order valence-corrected chi connectivity index (χ1v) is 7.08. The second kappa shape index (κ2) is 4.76. The second-order valence-corrected chi connectivity index (χ2v) is 6.28. The van der Waals surface area contributed by atoms with Gasteiger partial charge in [0.05, 0.1) is 17.7 Å². The minimum Gasteiger partial charge on any atom is -0.351 e. The highest BCUT2D eigenvalue weighted by Gasteiger charge is 2.57. The Morgan fingerprint density at radius 2 is 2.14 bits per heavy atom. The molecule has 0 bridgehead atoms. The summed E-state index contributed by atoms with van der Waals surface area (Å²) in [6, 6.07) is 1.41. The van der Waals surface area contributed by atoms with Crippen LogP contribution in [0.3, 0.4) is 0 Å². The number of alkyl halides is 2. The van der Waals surface area contributed by atoms with E-state index in [1.54, 1.807) is 14.0 Å². The zero-order valence-electron chi connectivity index (χ0n) is 12.4. The van der Waals surface area contributed by atoms with Crippen molar-refractivity contribution in [3.63, 3.8) is 0 Å². The minimum atomic E-state index is -3.09. The number of hydrogen-bond acceptors (Lipinski definition) is 4. The molecule has 0 saturated carbocycles. The Balaban J connectivity index is 1.89. The topological polar surface area (TPSA) is 66.7 Å². The van der Waals surface area contributed by atoms with Crippen LogP contribution >= 0.6 is 0 Å². The van der Waals surface area contributed by atoms with Gasteiger partial charge >= 0.3 is 0 Å². The maximum absolute atomic E-state index is 14.1. The van der Waals surface area contributed by atoms with Crippen molar-refractivity contribution in [1.82, 2.24) is 15.0 Å². The molecule has 2 fully saturated rings. The summed E-state index contributed by atoms with van der Waals surface area (Å²) in [5.74, 6) is -4.15. The van der Waals surface area contributed by atoms with Gasteiger partial charge < -0.3 is 14.3 Å². The average molecular weight is 313 g/mol. The summed E-state index contributed by atoms with van der Waals surface area (Å²) in [7, 11) is 1.59. The normalized spacial score (nSPS) is 27.7. The van der Waals surface area contributed by atoms with Gasteiger partial charge in [-0.15, -0.1) is 0 Å². The summed E-state index contributed by atoms with van der Waals surface area (Å²) >= 11 is 0. The van der Waals surface area contributed by atoms with E-state index in [9.17, 15) is 18.4 Å². The van der Waals surface area contributed by atoms with Crippen LogP contribution < -0.4 is 0 Å². The zero-order chi connectivity index (χ0) is 16.1. The molecular formula is C14H17F2N3O3. The Morgan fingerprint density at radius 1 is 1.41 bits per heavy atom. The average Bonchev–Trinajstić information content (AvgIpc) is 2.97. The van der Waals surface area contributed by atoms with Gasteiger partial charge in [0.25, 0.3) is 11.8 Å². The first kappa shape index (κ1) is 14.9. The lowest BCUT2D eigenvalue weighted by Gasteiger charge is -2.42. The SMILES string of the molecule is Cc1cc(C(=O)N2CC(F)(F)C[C@@]3(CCN(C)C3=O)C2)on1. The van der Waals surface area contributed by atoms with Crippen LogP contribution in [0.1, 0.15) is 29.1 Å². The smallest absolute Gasteiger partial charge is 0.292 e. The predicted molar refractivity (Wildman–Crippen MR) is 71.4 cm³/mol. The lowest BCUT2D eigenvalue weighted by molar-refractivity contribution is -0.150. The molecular weight excluding hydrogens is 296 g/mol. The Kier molecular flexibility index (Phi) is 3.23. The standard InChI is InChI=1S/C14H17F2N3O3/c1-9-5-10(22-17-9)11(20)19-7-13(6-14(15,16)8-19)3-4-18(2)12(13)21/h5H,3-4,6-8H2,1-2H3/t13-/m0/s1. The van der Waals surface area contributed by atoms with E-state index >= 15 is 0 Å². The molecule has 1 atom stereocenters. The molecule has 2 amide bonds. The number of amides is 2. The van der Waals surface area contributed by atoms with Crippen molar-refractivity contribution in [3.8, 4) is 0 Å². The van der Waals surface area contributed by atoms with Gasteiger partial charge in [0.1, 0.15) is 0 Å². The lowest BCUT2D eigenvalue weighted by Crippen LogP contribution is -2.56. The van der Waals surface area contributed by atoms with E-state index in [0.29, 0.717) is 18.7 Å². The van der Waals surface area contributed by atoms with Crippen LogP contribution in [0.15, 0.2) is 10.6 Å². The Morgan fingerprint density at radius 3 is 2.68 bits per heavy atom. The summed E-state index contributed by atoms with van der Waals surface area (Å²) in [5.41, 5.74) is -0.695. The first-order valence-electron chi connectivity index (χ1n) is 7.08. The molecule has 3 rings (SSSR count). The molecule has 2 aliphatic heterocycles. The van der Waals surface area contributed by atoms with E-state index in [2.05, 4.69) is 5.16 Å². The van der Waals surface area contributed by atoms with E-state index < -0.39 is 30.2 Å². The van der Waals surface area contributed by atoms with Gasteiger partial charge in [0.15, 0.2) is 0 Å². The molecule has 0 radical (unpaired) electrons. The maximum atomic E-state index is 14.1. The third-order valence-corrected chi connectivity index (χ3v) is 4.36. The molecule has 1 aromatic heterocycles. The van der Waals surface area contributed by atoms with Crippen molar-refractivity contribution in [2.24, 2.45) is 5.41 Å². The Labute approximate surface area is 126 Å². The number of carbonyl (C=O) groups excluding carboxylic acids is 2. The minimum absolute atomic E-state index is 0.00958. The second-order valence-electron chi connectivity index (χ2n) is 6.28. The molecule has 1 spiro atoms.